The SMILES string of the molecule is O.O.O.O.O.O.O=P([O-])([O-])[O-].[K+].[Zn+2]. The molecule has 0 aliphatic rings. The number of rotatable bonds is 0. The molecule has 13 heteroatoms. The normalized spacial score (nSPS) is 4.54. The van der Waals surface area contributed by atoms with Crippen molar-refractivity contribution in [3.63, 3.8) is 0 Å². The Hall–Kier alpha value is 2.13. The second kappa shape index (κ2) is 36.9. The molecule has 0 bridgehead atoms. The minimum absolute atomic E-state index is 0. The molecule has 0 rings (SSSR count). The fourth-order valence-electron chi connectivity index (χ4n) is 0. The maximum absolute atomic E-state index is 8.55. The van der Waals surface area contributed by atoms with E-state index in [4.69, 9.17) is 19.2 Å². The van der Waals surface area contributed by atoms with Gasteiger partial charge in [0.2, 0.25) is 0 Å². The molecule has 13 heavy (non-hydrogen) atoms. The molecule has 0 saturated carbocycles. The minimum Gasteiger partial charge on any atom is -0.822 e. The second-order valence-electron chi connectivity index (χ2n) is 0.447. The van der Waals surface area contributed by atoms with Crippen LogP contribution < -0.4 is 66.1 Å². The fraction of sp³-hybridized carbons (Fsp3) is 0. The topological polar surface area (TPSA) is 275 Å². The smallest absolute Gasteiger partial charge is 0.822 e. The molecule has 0 amide bonds. The Morgan fingerprint density at radius 1 is 0.692 bits per heavy atom. The van der Waals surface area contributed by atoms with Crippen molar-refractivity contribution in [1.82, 2.24) is 0 Å². The maximum Gasteiger partial charge on any atom is 2.00 e. The van der Waals surface area contributed by atoms with Crippen molar-refractivity contribution in [2.45, 2.75) is 0 Å². The van der Waals surface area contributed by atoms with E-state index in [2.05, 4.69) is 0 Å². The Bertz CT molecular complexity index is 61.1. The number of hydrogen-bond donors (Lipinski definition) is 0. The molecule has 0 aromatic rings. The zero-order chi connectivity index (χ0) is 4.50. The molecular weight excluding hydrogens is 295 g/mol. The third kappa shape index (κ3) is 458. The predicted molar refractivity (Wildman–Crippen MR) is 29.3 cm³/mol. The van der Waals surface area contributed by atoms with Crippen LogP contribution >= 0.6 is 7.82 Å². The first kappa shape index (κ1) is 80.4. The molecule has 0 radical (unpaired) electrons. The average molecular weight is 308 g/mol. The van der Waals surface area contributed by atoms with E-state index in [0.717, 1.165) is 0 Å². The Morgan fingerprint density at radius 3 is 0.692 bits per heavy atom. The summed E-state index contributed by atoms with van der Waals surface area (Å²) in [6, 6.07) is 0. The fourth-order valence-corrected chi connectivity index (χ4v) is 0. The molecule has 0 spiro atoms. The van der Waals surface area contributed by atoms with E-state index < -0.39 is 7.82 Å². The van der Waals surface area contributed by atoms with Gasteiger partial charge in [-0.2, -0.15) is 7.82 Å². The summed E-state index contributed by atoms with van der Waals surface area (Å²) in [5.41, 5.74) is 0. The van der Waals surface area contributed by atoms with Crippen LogP contribution in [0.5, 0.6) is 0 Å². The molecule has 10 nitrogen and oxygen atoms in total. The van der Waals surface area contributed by atoms with Gasteiger partial charge in [-0.05, 0) is 0 Å². The third-order valence-electron chi connectivity index (χ3n) is 0. The van der Waals surface area contributed by atoms with Crippen LogP contribution in [0.2, 0.25) is 0 Å². The average Bonchev–Trinajstić information content (AvgIpc) is 0.722. The van der Waals surface area contributed by atoms with Crippen LogP contribution in [-0.2, 0) is 24.0 Å². The van der Waals surface area contributed by atoms with Gasteiger partial charge in [-0.25, -0.2) is 0 Å². The van der Waals surface area contributed by atoms with E-state index in [-0.39, 0.29) is 104 Å². The molecule has 0 saturated heterocycles. The quantitative estimate of drug-likeness (QED) is 0.311. The largest absolute Gasteiger partial charge is 2.00 e. The van der Waals surface area contributed by atoms with Gasteiger partial charge in [-0.1, -0.05) is 0 Å². The summed E-state index contributed by atoms with van der Waals surface area (Å²) in [4.78, 5) is 25.6. The van der Waals surface area contributed by atoms with Crippen LogP contribution in [-0.4, -0.2) is 32.9 Å². The third-order valence-corrected chi connectivity index (χ3v) is 0. The Morgan fingerprint density at radius 2 is 0.692 bits per heavy atom. The first-order valence-electron chi connectivity index (χ1n) is 0.730. The zero-order valence-electron chi connectivity index (χ0n) is 6.79. The maximum atomic E-state index is 8.55. The van der Waals surface area contributed by atoms with Crippen molar-refractivity contribution >= 4 is 7.82 Å². The van der Waals surface area contributed by atoms with Gasteiger partial charge in [0.15, 0.2) is 0 Å². The molecule has 0 aliphatic carbocycles. The predicted octanol–water partition coefficient (Wildman–Crippen LogP) is -10.8. The molecule has 12 N–H and O–H groups in total. The van der Waals surface area contributed by atoms with Crippen LogP contribution in [0.3, 0.4) is 0 Å². The molecule has 0 unspecified atom stereocenters. The molecule has 0 fully saturated rings. The molecular formula is H12KO10PZn. The minimum atomic E-state index is -5.39. The van der Waals surface area contributed by atoms with Gasteiger partial charge in [0, 0.05) is 0 Å². The molecule has 0 atom stereocenters. The summed E-state index contributed by atoms with van der Waals surface area (Å²) >= 11 is 0. The summed E-state index contributed by atoms with van der Waals surface area (Å²) in [5.74, 6) is 0. The van der Waals surface area contributed by atoms with Crippen LogP contribution in [0.4, 0.5) is 0 Å². The first-order valence-corrected chi connectivity index (χ1v) is 2.19. The molecule has 0 aliphatic heterocycles. The summed E-state index contributed by atoms with van der Waals surface area (Å²) in [6.45, 7) is 0. The van der Waals surface area contributed by atoms with Crippen molar-refractivity contribution in [3.8, 4) is 0 Å². The van der Waals surface area contributed by atoms with E-state index in [1.807, 2.05) is 0 Å². The van der Waals surface area contributed by atoms with Crippen LogP contribution in [0, 0.1) is 0 Å². The van der Waals surface area contributed by atoms with Gasteiger partial charge in [-0.3, -0.25) is 0 Å². The van der Waals surface area contributed by atoms with Crippen LogP contribution in [0.25, 0.3) is 0 Å². The molecule has 80 valence electrons. The zero-order valence-corrected chi connectivity index (χ0v) is 13.8. The summed E-state index contributed by atoms with van der Waals surface area (Å²) in [6.07, 6.45) is 0. The Balaban J connectivity index is -0.00000000286. The van der Waals surface area contributed by atoms with Gasteiger partial charge in [-0.15, -0.1) is 0 Å². The van der Waals surface area contributed by atoms with E-state index >= 15 is 0 Å². The van der Waals surface area contributed by atoms with Crippen molar-refractivity contribution in [3.05, 3.63) is 0 Å². The van der Waals surface area contributed by atoms with E-state index in [1.165, 1.54) is 0 Å². The van der Waals surface area contributed by atoms with Crippen molar-refractivity contribution < 1.29 is 123 Å². The van der Waals surface area contributed by atoms with Gasteiger partial charge in [0.1, 0.15) is 0 Å². The van der Waals surface area contributed by atoms with Gasteiger partial charge >= 0.3 is 70.9 Å². The monoisotopic (exact) mass is 306 g/mol. The number of hydrogen-bond acceptors (Lipinski definition) is 4. The molecule has 0 aromatic heterocycles. The van der Waals surface area contributed by atoms with E-state index in [0.29, 0.717) is 0 Å². The first-order chi connectivity index (χ1) is 2.00. The van der Waals surface area contributed by atoms with Crippen LogP contribution in [0.1, 0.15) is 0 Å². The van der Waals surface area contributed by atoms with Crippen LogP contribution in [0.15, 0.2) is 0 Å². The molecule has 0 aromatic carbocycles. The van der Waals surface area contributed by atoms with Gasteiger partial charge in [0.25, 0.3) is 0 Å². The summed E-state index contributed by atoms with van der Waals surface area (Å²) < 4.78 is 8.55. The van der Waals surface area contributed by atoms with Crippen molar-refractivity contribution in [2.75, 3.05) is 0 Å². The van der Waals surface area contributed by atoms with Gasteiger partial charge < -0.3 is 52.1 Å². The molecule has 0 heterocycles. The second-order valence-corrected chi connectivity index (χ2v) is 1.34. The van der Waals surface area contributed by atoms with Crippen molar-refractivity contribution in [1.29, 1.82) is 0 Å². The summed E-state index contributed by atoms with van der Waals surface area (Å²) in [7, 11) is -5.39. The standard InChI is InChI=1S/K.H3O4P.6H2O.Zn/c;1-5(2,3)4;;;;;;;/h;(H3,1,2,3,4);6*1H2;/q+1;;;;;;;;+2/p-3. The van der Waals surface area contributed by atoms with E-state index in [1.54, 1.807) is 0 Å². The number of phosphoric acid groups is 1. The Kier molecular flexibility index (Phi) is 228. The van der Waals surface area contributed by atoms with Crippen molar-refractivity contribution in [2.24, 2.45) is 0 Å². The van der Waals surface area contributed by atoms with Gasteiger partial charge in [0.05, 0.1) is 0 Å². The van der Waals surface area contributed by atoms with E-state index in [9.17, 15) is 0 Å². The summed E-state index contributed by atoms with van der Waals surface area (Å²) in [5, 5.41) is 0. The Labute approximate surface area is 129 Å².